The van der Waals surface area contributed by atoms with E-state index in [0.717, 1.165) is 21.3 Å². The molecule has 0 spiro atoms. The van der Waals surface area contributed by atoms with Crippen LogP contribution in [0.4, 0.5) is 5.13 Å². The van der Waals surface area contributed by atoms with Crippen LogP contribution in [0.1, 0.15) is 28.7 Å². The van der Waals surface area contributed by atoms with Crippen LogP contribution in [0, 0.1) is 6.92 Å². The van der Waals surface area contributed by atoms with E-state index in [4.69, 9.17) is 0 Å². The van der Waals surface area contributed by atoms with E-state index in [1.165, 1.54) is 23.1 Å². The van der Waals surface area contributed by atoms with E-state index in [-0.39, 0.29) is 24.1 Å². The summed E-state index contributed by atoms with van der Waals surface area (Å²) in [5, 5.41) is 23.3. The molecule has 0 fully saturated rings. The lowest BCUT2D eigenvalue weighted by atomic mass is 10.1. The predicted octanol–water partition coefficient (Wildman–Crippen LogP) is 4.20. The van der Waals surface area contributed by atoms with Crippen LogP contribution in [-0.2, 0) is 11.3 Å². The average Bonchev–Trinajstić information content (AvgIpc) is 3.48. The van der Waals surface area contributed by atoms with Crippen molar-refractivity contribution >= 4 is 51.8 Å². The first-order valence-electron chi connectivity index (χ1n) is 10.8. The summed E-state index contributed by atoms with van der Waals surface area (Å²) < 4.78 is 2.66. The summed E-state index contributed by atoms with van der Waals surface area (Å²) >= 11 is 4.18. The van der Waals surface area contributed by atoms with Gasteiger partial charge in [-0.15, -0.1) is 20.4 Å². The summed E-state index contributed by atoms with van der Waals surface area (Å²) in [4.78, 5) is 25.1. The van der Waals surface area contributed by atoms with E-state index < -0.39 is 0 Å². The number of thioether (sulfide) groups is 2. The molecule has 35 heavy (non-hydrogen) atoms. The fourth-order valence-electron chi connectivity index (χ4n) is 3.12. The highest BCUT2D eigenvalue weighted by molar-refractivity contribution is 8.01. The Morgan fingerprint density at radius 2 is 1.83 bits per heavy atom. The standard InChI is InChI=1S/C23H23N7O2S3/c1-3-33-23-29-27-21(35-23)25-19(31)14-34-22-28-26-18(30(22)17-10-5-4-6-11-17)13-24-20(32)16-9-7-8-15(2)12-16/h4-12H,3,13-14H2,1-2H3,(H,24,32)(H,25,27,31). The van der Waals surface area contributed by atoms with Crippen molar-refractivity contribution in [3.05, 3.63) is 71.5 Å². The minimum atomic E-state index is -0.212. The van der Waals surface area contributed by atoms with Crippen molar-refractivity contribution < 1.29 is 9.59 Å². The molecular weight excluding hydrogens is 503 g/mol. The number of hydrogen-bond acceptors (Lipinski definition) is 9. The maximum absolute atomic E-state index is 12.6. The Morgan fingerprint density at radius 3 is 2.60 bits per heavy atom. The number of carbonyl (C=O) groups is 2. The molecular formula is C23H23N7O2S3. The van der Waals surface area contributed by atoms with Gasteiger partial charge in [-0.25, -0.2) is 0 Å². The number of rotatable bonds is 10. The zero-order valence-electron chi connectivity index (χ0n) is 19.1. The average molecular weight is 526 g/mol. The lowest BCUT2D eigenvalue weighted by molar-refractivity contribution is -0.113. The molecule has 0 aliphatic carbocycles. The Labute approximate surface area is 215 Å². The number of aromatic nitrogens is 5. The summed E-state index contributed by atoms with van der Waals surface area (Å²) in [6.45, 7) is 4.16. The summed E-state index contributed by atoms with van der Waals surface area (Å²) in [5.41, 5.74) is 2.43. The van der Waals surface area contributed by atoms with Crippen molar-refractivity contribution in [2.45, 2.75) is 29.9 Å². The van der Waals surface area contributed by atoms with Crippen molar-refractivity contribution in [1.29, 1.82) is 0 Å². The van der Waals surface area contributed by atoms with Gasteiger partial charge < -0.3 is 5.32 Å². The molecule has 12 heteroatoms. The predicted molar refractivity (Wildman–Crippen MR) is 139 cm³/mol. The van der Waals surface area contributed by atoms with E-state index in [1.807, 2.05) is 66.9 Å². The van der Waals surface area contributed by atoms with Crippen LogP contribution in [0.3, 0.4) is 0 Å². The normalized spacial score (nSPS) is 10.8. The van der Waals surface area contributed by atoms with Gasteiger partial charge in [0, 0.05) is 11.3 Å². The molecule has 0 saturated carbocycles. The summed E-state index contributed by atoms with van der Waals surface area (Å²) in [5.74, 6) is 1.17. The van der Waals surface area contributed by atoms with Crippen molar-refractivity contribution in [2.75, 3.05) is 16.8 Å². The number of hydrogen-bond donors (Lipinski definition) is 2. The largest absolute Gasteiger partial charge is 0.345 e. The molecule has 2 N–H and O–H groups in total. The molecule has 9 nitrogen and oxygen atoms in total. The molecule has 2 amide bonds. The molecule has 0 aliphatic rings. The Bertz CT molecular complexity index is 1310. The van der Waals surface area contributed by atoms with E-state index in [2.05, 4.69) is 31.0 Å². The van der Waals surface area contributed by atoms with E-state index in [1.54, 1.807) is 17.8 Å². The number of benzene rings is 2. The van der Waals surface area contributed by atoms with Gasteiger partial charge in [0.2, 0.25) is 11.0 Å². The summed E-state index contributed by atoms with van der Waals surface area (Å²) in [6.07, 6.45) is 0. The van der Waals surface area contributed by atoms with E-state index in [9.17, 15) is 9.59 Å². The molecule has 2 aromatic heterocycles. The van der Waals surface area contributed by atoms with Gasteiger partial charge in [0.25, 0.3) is 5.91 Å². The van der Waals surface area contributed by atoms with Crippen LogP contribution in [-0.4, -0.2) is 48.3 Å². The van der Waals surface area contributed by atoms with Gasteiger partial charge >= 0.3 is 0 Å². The second kappa shape index (κ2) is 12.0. The number of amides is 2. The maximum Gasteiger partial charge on any atom is 0.251 e. The first-order chi connectivity index (χ1) is 17.0. The number of para-hydroxylation sites is 1. The molecule has 4 aromatic rings. The molecule has 180 valence electrons. The van der Waals surface area contributed by atoms with Gasteiger partial charge in [-0.2, -0.15) is 0 Å². The molecule has 0 atom stereocenters. The topological polar surface area (TPSA) is 115 Å². The fourth-order valence-corrected chi connectivity index (χ4v) is 5.56. The van der Waals surface area contributed by atoms with Crippen LogP contribution in [0.2, 0.25) is 0 Å². The molecule has 0 radical (unpaired) electrons. The van der Waals surface area contributed by atoms with Gasteiger partial charge in [-0.3, -0.25) is 19.5 Å². The number of anilines is 1. The van der Waals surface area contributed by atoms with Crippen molar-refractivity contribution in [1.82, 2.24) is 30.3 Å². The Kier molecular flexibility index (Phi) is 8.50. The maximum atomic E-state index is 12.6. The van der Waals surface area contributed by atoms with Crippen LogP contribution < -0.4 is 10.6 Å². The minimum Gasteiger partial charge on any atom is -0.345 e. The third-order valence-corrected chi connectivity index (χ3v) is 7.44. The van der Waals surface area contributed by atoms with Crippen molar-refractivity contribution in [3.8, 4) is 5.69 Å². The highest BCUT2D eigenvalue weighted by Crippen LogP contribution is 2.26. The first kappa shape index (κ1) is 24.9. The van der Waals surface area contributed by atoms with Crippen LogP contribution in [0.5, 0.6) is 0 Å². The third kappa shape index (κ3) is 6.68. The van der Waals surface area contributed by atoms with Gasteiger partial charge in [0.15, 0.2) is 15.3 Å². The molecule has 2 heterocycles. The molecule has 2 aromatic carbocycles. The minimum absolute atomic E-state index is 0.121. The van der Waals surface area contributed by atoms with E-state index in [0.29, 0.717) is 21.7 Å². The summed E-state index contributed by atoms with van der Waals surface area (Å²) in [6, 6.07) is 17.0. The zero-order valence-corrected chi connectivity index (χ0v) is 21.5. The Morgan fingerprint density at radius 1 is 1.00 bits per heavy atom. The highest BCUT2D eigenvalue weighted by Gasteiger charge is 2.17. The van der Waals surface area contributed by atoms with E-state index >= 15 is 0 Å². The number of nitrogens with one attached hydrogen (secondary N) is 2. The SMILES string of the molecule is CCSc1nnc(NC(=O)CSc2nnc(CNC(=O)c3cccc(C)c3)n2-c2ccccc2)s1. The van der Waals surface area contributed by atoms with Crippen LogP contribution >= 0.6 is 34.9 Å². The summed E-state index contributed by atoms with van der Waals surface area (Å²) in [7, 11) is 0. The molecule has 0 unspecified atom stereocenters. The number of carbonyl (C=O) groups excluding carboxylic acids is 2. The monoisotopic (exact) mass is 525 g/mol. The van der Waals surface area contributed by atoms with Crippen LogP contribution in [0.25, 0.3) is 5.69 Å². The quantitative estimate of drug-likeness (QED) is 0.234. The highest BCUT2D eigenvalue weighted by atomic mass is 32.2. The zero-order chi connectivity index (χ0) is 24.6. The smallest absolute Gasteiger partial charge is 0.251 e. The van der Waals surface area contributed by atoms with Gasteiger partial charge in [0.05, 0.1) is 12.3 Å². The number of nitrogens with zero attached hydrogens (tertiary/aromatic N) is 5. The lowest BCUT2D eigenvalue weighted by Crippen LogP contribution is -2.24. The number of aryl methyl sites for hydroxylation is 1. The molecule has 0 aliphatic heterocycles. The first-order valence-corrected chi connectivity index (χ1v) is 13.6. The van der Waals surface area contributed by atoms with Crippen molar-refractivity contribution in [2.24, 2.45) is 0 Å². The van der Waals surface area contributed by atoms with Crippen molar-refractivity contribution in [3.63, 3.8) is 0 Å². The Balaban J connectivity index is 1.45. The second-order valence-electron chi connectivity index (χ2n) is 7.26. The van der Waals surface area contributed by atoms with Gasteiger partial charge in [-0.1, -0.05) is 77.7 Å². The molecule has 0 bridgehead atoms. The second-order valence-corrected chi connectivity index (χ2v) is 10.7. The fraction of sp³-hybridized carbons (Fsp3) is 0.217. The Hall–Kier alpha value is -3.22. The van der Waals surface area contributed by atoms with Gasteiger partial charge in [0.1, 0.15) is 0 Å². The van der Waals surface area contributed by atoms with Crippen LogP contribution in [0.15, 0.2) is 64.1 Å². The van der Waals surface area contributed by atoms with Gasteiger partial charge in [-0.05, 0) is 36.9 Å². The molecule has 0 saturated heterocycles. The lowest BCUT2D eigenvalue weighted by Gasteiger charge is -2.11. The third-order valence-electron chi connectivity index (χ3n) is 4.66. The molecule has 4 rings (SSSR count).